The fraction of sp³-hybridized carbons (Fsp3) is 0.400. The molecular formula is C20H26N2O4. The quantitative estimate of drug-likeness (QED) is 0.608. The Hall–Kier alpha value is -2.60. The summed E-state index contributed by atoms with van der Waals surface area (Å²) in [6.07, 6.45) is 0. The molecule has 0 fully saturated rings. The van der Waals surface area contributed by atoms with Gasteiger partial charge in [0.1, 0.15) is 5.75 Å². The minimum absolute atomic E-state index is 0.0586. The number of carbonyl (C=O) groups excluding carboxylic acids is 2. The molecule has 140 valence electrons. The summed E-state index contributed by atoms with van der Waals surface area (Å²) in [6, 6.07) is 7.41. The first-order valence-corrected chi connectivity index (χ1v) is 8.45. The number of methoxy groups -OCH3 is 2. The number of ketones is 1. The van der Waals surface area contributed by atoms with Crippen molar-refractivity contribution in [1.82, 2.24) is 9.88 Å². The number of hydrogen-bond donors (Lipinski definition) is 1. The first kappa shape index (κ1) is 19.7. The van der Waals surface area contributed by atoms with E-state index in [0.717, 1.165) is 11.3 Å². The third-order valence-electron chi connectivity index (χ3n) is 4.71. The fourth-order valence-electron chi connectivity index (χ4n) is 2.97. The highest BCUT2D eigenvalue weighted by Crippen LogP contribution is 2.22. The lowest BCUT2D eigenvalue weighted by atomic mass is 10.0. The summed E-state index contributed by atoms with van der Waals surface area (Å²) >= 11 is 0. The minimum Gasteiger partial charge on any atom is -0.497 e. The summed E-state index contributed by atoms with van der Waals surface area (Å²) in [5.41, 5.74) is 3.24. The van der Waals surface area contributed by atoms with Gasteiger partial charge in [0.25, 0.3) is 0 Å². The molecule has 6 heteroatoms. The number of carbonyl (C=O) groups is 2. The van der Waals surface area contributed by atoms with Crippen molar-refractivity contribution in [2.75, 3.05) is 21.3 Å². The maximum atomic E-state index is 12.9. The first-order valence-electron chi connectivity index (χ1n) is 8.45. The molecule has 6 nitrogen and oxygen atoms in total. The third kappa shape index (κ3) is 3.96. The zero-order chi connectivity index (χ0) is 19.4. The average molecular weight is 358 g/mol. The average Bonchev–Trinajstić information content (AvgIpc) is 2.94. The van der Waals surface area contributed by atoms with E-state index in [0.29, 0.717) is 29.1 Å². The molecule has 0 radical (unpaired) electrons. The van der Waals surface area contributed by atoms with Crippen molar-refractivity contribution in [3.05, 3.63) is 52.3 Å². The lowest BCUT2D eigenvalue weighted by Crippen LogP contribution is -2.36. The number of nitrogens with one attached hydrogen (secondary N) is 1. The minimum atomic E-state index is -0.436. The van der Waals surface area contributed by atoms with Gasteiger partial charge in [-0.1, -0.05) is 12.1 Å². The van der Waals surface area contributed by atoms with Crippen LogP contribution in [0, 0.1) is 13.8 Å². The van der Waals surface area contributed by atoms with E-state index in [1.165, 1.54) is 7.11 Å². The Morgan fingerprint density at radius 1 is 1.15 bits per heavy atom. The van der Waals surface area contributed by atoms with E-state index in [4.69, 9.17) is 9.47 Å². The zero-order valence-corrected chi connectivity index (χ0v) is 16.2. The van der Waals surface area contributed by atoms with Crippen molar-refractivity contribution in [2.45, 2.75) is 33.4 Å². The van der Waals surface area contributed by atoms with E-state index in [1.807, 2.05) is 43.1 Å². The molecule has 0 spiro atoms. The topological polar surface area (TPSA) is 71.6 Å². The maximum Gasteiger partial charge on any atom is 0.339 e. The fourth-order valence-corrected chi connectivity index (χ4v) is 2.97. The smallest absolute Gasteiger partial charge is 0.339 e. The molecule has 1 heterocycles. The second-order valence-corrected chi connectivity index (χ2v) is 6.42. The number of esters is 1. The van der Waals surface area contributed by atoms with Crippen LogP contribution in [-0.4, -0.2) is 48.9 Å². The van der Waals surface area contributed by atoms with Crippen molar-refractivity contribution >= 4 is 11.8 Å². The number of aromatic amines is 1. The molecule has 0 aliphatic heterocycles. The first-order chi connectivity index (χ1) is 12.3. The van der Waals surface area contributed by atoms with Gasteiger partial charge in [-0.25, -0.2) is 4.79 Å². The maximum absolute atomic E-state index is 12.9. The van der Waals surface area contributed by atoms with Crippen molar-refractivity contribution in [3.63, 3.8) is 0 Å². The van der Waals surface area contributed by atoms with Crippen LogP contribution in [-0.2, 0) is 11.3 Å². The molecule has 0 bridgehead atoms. The van der Waals surface area contributed by atoms with E-state index in [2.05, 4.69) is 4.98 Å². The van der Waals surface area contributed by atoms with Crippen LogP contribution in [0.4, 0.5) is 0 Å². The summed E-state index contributed by atoms with van der Waals surface area (Å²) in [5.74, 6) is 0.305. The number of likely N-dealkylation sites (N-methyl/N-ethyl adjacent to an activating group) is 1. The molecule has 1 atom stereocenters. The van der Waals surface area contributed by atoms with Crippen LogP contribution < -0.4 is 4.74 Å². The Morgan fingerprint density at radius 2 is 1.77 bits per heavy atom. The van der Waals surface area contributed by atoms with E-state index in [1.54, 1.807) is 21.0 Å². The molecule has 2 aromatic rings. The molecule has 2 rings (SSSR count). The van der Waals surface area contributed by atoms with Crippen molar-refractivity contribution in [2.24, 2.45) is 0 Å². The van der Waals surface area contributed by atoms with Gasteiger partial charge < -0.3 is 14.5 Å². The Labute approximate surface area is 154 Å². The van der Waals surface area contributed by atoms with Crippen LogP contribution >= 0.6 is 0 Å². The number of ether oxygens (including phenoxy) is 2. The van der Waals surface area contributed by atoms with Gasteiger partial charge in [0.2, 0.25) is 0 Å². The highest BCUT2D eigenvalue weighted by atomic mass is 16.5. The number of Topliss-reactive ketones (excluding diaryl/α,β-unsaturated/α-hetero) is 1. The largest absolute Gasteiger partial charge is 0.497 e. The molecule has 26 heavy (non-hydrogen) atoms. The van der Waals surface area contributed by atoms with Gasteiger partial charge in [0, 0.05) is 12.2 Å². The van der Waals surface area contributed by atoms with Crippen LogP contribution in [0.25, 0.3) is 0 Å². The van der Waals surface area contributed by atoms with Crippen LogP contribution in [0.1, 0.15) is 44.6 Å². The Balaban J connectivity index is 2.16. The number of hydrogen-bond acceptors (Lipinski definition) is 5. The van der Waals surface area contributed by atoms with E-state index in [9.17, 15) is 9.59 Å². The molecule has 1 unspecified atom stereocenters. The van der Waals surface area contributed by atoms with Gasteiger partial charge >= 0.3 is 5.97 Å². The number of aromatic nitrogens is 1. The Bertz CT molecular complexity index is 793. The molecule has 0 saturated carbocycles. The lowest BCUT2D eigenvalue weighted by Gasteiger charge is -2.23. The van der Waals surface area contributed by atoms with Crippen LogP contribution in [0.15, 0.2) is 24.3 Å². The zero-order valence-electron chi connectivity index (χ0n) is 16.2. The van der Waals surface area contributed by atoms with Gasteiger partial charge in [-0.05, 0) is 51.1 Å². The number of benzene rings is 1. The van der Waals surface area contributed by atoms with Crippen molar-refractivity contribution < 1.29 is 19.1 Å². The summed E-state index contributed by atoms with van der Waals surface area (Å²) < 4.78 is 9.97. The van der Waals surface area contributed by atoms with Crippen molar-refractivity contribution in [3.8, 4) is 5.75 Å². The van der Waals surface area contributed by atoms with Gasteiger partial charge in [-0.2, -0.15) is 0 Å². The van der Waals surface area contributed by atoms with Gasteiger partial charge in [-0.15, -0.1) is 0 Å². The number of H-pyrrole nitrogens is 1. The monoisotopic (exact) mass is 358 g/mol. The molecular weight excluding hydrogens is 332 g/mol. The Kier molecular flexibility index (Phi) is 6.21. The SMILES string of the molecule is COC(=O)c1c(C)[nH]c(C(=O)C(C)N(C)Cc2ccc(OC)cc2)c1C. The molecule has 1 aromatic heterocycles. The standard InChI is InChI=1S/C20H26N2O4/c1-12-17(20(24)26-6)13(2)21-18(12)19(23)14(3)22(4)11-15-7-9-16(25-5)10-8-15/h7-10,14,21H,11H2,1-6H3. The van der Waals surface area contributed by atoms with Crippen molar-refractivity contribution in [1.29, 1.82) is 0 Å². The summed E-state index contributed by atoms with van der Waals surface area (Å²) in [7, 11) is 4.87. The van der Waals surface area contributed by atoms with Crippen LogP contribution in [0.3, 0.4) is 0 Å². The third-order valence-corrected chi connectivity index (χ3v) is 4.71. The molecule has 0 saturated heterocycles. The highest BCUT2D eigenvalue weighted by Gasteiger charge is 2.27. The summed E-state index contributed by atoms with van der Waals surface area (Å²) in [6.45, 7) is 6.01. The molecule has 0 aliphatic carbocycles. The predicted molar refractivity (Wildman–Crippen MR) is 99.9 cm³/mol. The van der Waals surface area contributed by atoms with E-state index in [-0.39, 0.29) is 11.8 Å². The number of aryl methyl sites for hydroxylation is 1. The Morgan fingerprint density at radius 3 is 2.31 bits per heavy atom. The lowest BCUT2D eigenvalue weighted by molar-refractivity contribution is 0.0599. The number of rotatable bonds is 7. The second kappa shape index (κ2) is 8.19. The molecule has 1 N–H and O–H groups in total. The molecule has 0 amide bonds. The van der Waals surface area contributed by atoms with E-state index < -0.39 is 5.97 Å². The van der Waals surface area contributed by atoms with Gasteiger partial charge in [0.15, 0.2) is 5.78 Å². The normalized spacial score (nSPS) is 12.1. The highest BCUT2D eigenvalue weighted by molar-refractivity contribution is 6.03. The van der Waals surface area contributed by atoms with Crippen LogP contribution in [0.2, 0.25) is 0 Å². The second-order valence-electron chi connectivity index (χ2n) is 6.42. The van der Waals surface area contributed by atoms with Crippen LogP contribution in [0.5, 0.6) is 5.75 Å². The molecule has 0 aliphatic rings. The summed E-state index contributed by atoms with van der Waals surface area (Å²) in [4.78, 5) is 29.9. The predicted octanol–water partition coefficient (Wildman–Crippen LogP) is 3.13. The number of nitrogens with zero attached hydrogens (tertiary/aromatic N) is 1. The molecule has 1 aromatic carbocycles. The van der Waals surface area contributed by atoms with Gasteiger partial charge in [-0.3, -0.25) is 9.69 Å². The van der Waals surface area contributed by atoms with E-state index >= 15 is 0 Å². The summed E-state index contributed by atoms with van der Waals surface area (Å²) in [5, 5.41) is 0. The van der Waals surface area contributed by atoms with Gasteiger partial charge in [0.05, 0.1) is 31.5 Å².